The highest BCUT2D eigenvalue weighted by Crippen LogP contribution is 2.15. The van der Waals surface area contributed by atoms with Gasteiger partial charge in [0.2, 0.25) is 11.8 Å². The number of rotatable bonds is 7. The van der Waals surface area contributed by atoms with Crippen molar-refractivity contribution in [2.45, 2.75) is 20.3 Å². The van der Waals surface area contributed by atoms with Gasteiger partial charge < -0.3 is 14.8 Å². The van der Waals surface area contributed by atoms with Crippen LogP contribution in [0.2, 0.25) is 0 Å². The molecule has 0 unspecified atom stereocenters. The van der Waals surface area contributed by atoms with Gasteiger partial charge in [-0.3, -0.25) is 0 Å². The Kier molecular flexibility index (Phi) is 5.56. The monoisotopic (exact) mass is 225 g/mol. The number of nitrogens with one attached hydrogen (secondary N) is 1. The van der Waals surface area contributed by atoms with Crippen molar-refractivity contribution in [3.05, 3.63) is 11.8 Å². The molecule has 0 saturated heterocycles. The first-order valence-corrected chi connectivity index (χ1v) is 5.47. The van der Waals surface area contributed by atoms with Crippen LogP contribution in [0.1, 0.15) is 18.9 Å². The lowest BCUT2D eigenvalue weighted by Crippen LogP contribution is -2.07. The smallest absolute Gasteiger partial charge is 0.225 e. The topological polar surface area (TPSA) is 56.3 Å². The molecule has 0 aromatic carbocycles. The second-order valence-corrected chi connectivity index (χ2v) is 3.41. The van der Waals surface area contributed by atoms with Gasteiger partial charge in [-0.2, -0.15) is 4.98 Å². The Morgan fingerprint density at radius 3 is 2.88 bits per heavy atom. The fraction of sp³-hybridized carbons (Fsp3) is 0.636. The van der Waals surface area contributed by atoms with Gasteiger partial charge in [-0.25, -0.2) is 4.98 Å². The maximum Gasteiger partial charge on any atom is 0.225 e. The van der Waals surface area contributed by atoms with Crippen LogP contribution in [0.4, 0.5) is 5.95 Å². The molecule has 0 spiro atoms. The number of aryl methyl sites for hydroxylation is 1. The van der Waals surface area contributed by atoms with Gasteiger partial charge in [0.15, 0.2) is 0 Å². The lowest BCUT2D eigenvalue weighted by molar-refractivity contribution is 0.170. The Morgan fingerprint density at radius 1 is 1.38 bits per heavy atom. The highest BCUT2D eigenvalue weighted by molar-refractivity contribution is 5.32. The molecule has 0 saturated carbocycles. The van der Waals surface area contributed by atoms with Crippen LogP contribution in [0.3, 0.4) is 0 Å². The van der Waals surface area contributed by atoms with Crippen LogP contribution in [-0.4, -0.2) is 36.8 Å². The molecule has 0 bridgehead atoms. The molecule has 0 aliphatic carbocycles. The second-order valence-electron chi connectivity index (χ2n) is 3.41. The number of hydrogen-bond acceptors (Lipinski definition) is 5. The van der Waals surface area contributed by atoms with E-state index in [1.165, 1.54) is 0 Å². The van der Waals surface area contributed by atoms with Crippen molar-refractivity contribution >= 4 is 5.95 Å². The van der Waals surface area contributed by atoms with E-state index >= 15 is 0 Å². The summed E-state index contributed by atoms with van der Waals surface area (Å²) in [6.07, 6.45) is 2.62. The van der Waals surface area contributed by atoms with E-state index < -0.39 is 0 Å². The molecule has 0 atom stereocenters. The van der Waals surface area contributed by atoms with Gasteiger partial charge in [0.1, 0.15) is 0 Å². The average molecular weight is 225 g/mol. The van der Waals surface area contributed by atoms with Gasteiger partial charge in [-0.05, 0) is 13.8 Å². The number of methoxy groups -OCH3 is 1. The molecule has 0 aliphatic heterocycles. The summed E-state index contributed by atoms with van der Waals surface area (Å²) in [6, 6.07) is 0. The van der Waals surface area contributed by atoms with Crippen LogP contribution in [-0.2, 0) is 4.74 Å². The minimum absolute atomic E-state index is 0.606. The summed E-state index contributed by atoms with van der Waals surface area (Å²) in [5.41, 5.74) is 0.944. The van der Waals surface area contributed by atoms with E-state index in [2.05, 4.69) is 15.3 Å². The molecule has 1 rings (SSSR count). The molecule has 1 aromatic heterocycles. The zero-order valence-electron chi connectivity index (χ0n) is 10.1. The van der Waals surface area contributed by atoms with Crippen molar-refractivity contribution in [1.29, 1.82) is 0 Å². The molecule has 1 aromatic rings. The molecule has 1 N–H and O–H groups in total. The molecule has 0 radical (unpaired) electrons. The number of anilines is 1. The highest BCUT2D eigenvalue weighted by atomic mass is 16.5. The third-order valence-corrected chi connectivity index (χ3v) is 1.99. The normalized spacial score (nSPS) is 10.2. The Bertz CT molecular complexity index is 318. The van der Waals surface area contributed by atoms with Crippen molar-refractivity contribution in [2.75, 3.05) is 32.2 Å². The van der Waals surface area contributed by atoms with Crippen LogP contribution >= 0.6 is 0 Å². The Labute approximate surface area is 96.2 Å². The Hall–Kier alpha value is -1.36. The molecular weight excluding hydrogens is 206 g/mol. The minimum atomic E-state index is 0.606. The molecular formula is C11H19N3O2. The quantitative estimate of drug-likeness (QED) is 0.715. The van der Waals surface area contributed by atoms with Gasteiger partial charge in [-0.15, -0.1) is 0 Å². The fourth-order valence-electron chi connectivity index (χ4n) is 1.19. The predicted molar refractivity (Wildman–Crippen MR) is 62.9 cm³/mol. The molecule has 90 valence electrons. The van der Waals surface area contributed by atoms with Crippen LogP contribution in [0.25, 0.3) is 0 Å². The SMILES string of the molecule is CCNc1ncc(C)c(OCCCOC)n1. The minimum Gasteiger partial charge on any atom is -0.477 e. The highest BCUT2D eigenvalue weighted by Gasteiger charge is 2.03. The van der Waals surface area contributed by atoms with Gasteiger partial charge in [0, 0.05) is 38.4 Å². The zero-order chi connectivity index (χ0) is 11.8. The van der Waals surface area contributed by atoms with E-state index in [-0.39, 0.29) is 0 Å². The average Bonchev–Trinajstić information content (AvgIpc) is 2.29. The summed E-state index contributed by atoms with van der Waals surface area (Å²) >= 11 is 0. The molecule has 0 aliphatic rings. The first-order valence-electron chi connectivity index (χ1n) is 5.47. The molecule has 16 heavy (non-hydrogen) atoms. The summed E-state index contributed by atoms with van der Waals surface area (Å²) in [5.74, 6) is 1.25. The van der Waals surface area contributed by atoms with Crippen LogP contribution in [0.5, 0.6) is 5.88 Å². The molecule has 1 heterocycles. The summed E-state index contributed by atoms with van der Waals surface area (Å²) in [6.45, 7) is 6.04. The third kappa shape index (κ3) is 4.02. The van der Waals surface area contributed by atoms with E-state index in [1.807, 2.05) is 13.8 Å². The number of ether oxygens (including phenoxy) is 2. The van der Waals surface area contributed by atoms with Crippen molar-refractivity contribution in [3.8, 4) is 5.88 Å². The number of aromatic nitrogens is 2. The second kappa shape index (κ2) is 7.00. The lowest BCUT2D eigenvalue weighted by Gasteiger charge is -2.09. The zero-order valence-corrected chi connectivity index (χ0v) is 10.1. The Balaban J connectivity index is 2.52. The van der Waals surface area contributed by atoms with E-state index in [0.29, 0.717) is 25.0 Å². The Morgan fingerprint density at radius 2 is 2.19 bits per heavy atom. The van der Waals surface area contributed by atoms with Crippen molar-refractivity contribution in [1.82, 2.24) is 9.97 Å². The van der Waals surface area contributed by atoms with Crippen LogP contribution in [0, 0.1) is 6.92 Å². The standard InChI is InChI=1S/C11H19N3O2/c1-4-12-11-13-8-9(2)10(14-11)16-7-5-6-15-3/h8H,4-7H2,1-3H3,(H,12,13,14). The summed E-state index contributed by atoms with van der Waals surface area (Å²) in [4.78, 5) is 8.42. The van der Waals surface area contributed by atoms with Crippen LogP contribution < -0.4 is 10.1 Å². The van der Waals surface area contributed by atoms with Gasteiger partial charge in [-0.1, -0.05) is 0 Å². The van der Waals surface area contributed by atoms with E-state index in [9.17, 15) is 0 Å². The van der Waals surface area contributed by atoms with E-state index in [1.54, 1.807) is 13.3 Å². The summed E-state index contributed by atoms with van der Waals surface area (Å²) in [7, 11) is 1.68. The van der Waals surface area contributed by atoms with Crippen molar-refractivity contribution in [3.63, 3.8) is 0 Å². The molecule has 5 nitrogen and oxygen atoms in total. The van der Waals surface area contributed by atoms with Crippen LogP contribution in [0.15, 0.2) is 6.20 Å². The maximum absolute atomic E-state index is 5.55. The van der Waals surface area contributed by atoms with Gasteiger partial charge in [0.05, 0.1) is 6.61 Å². The first kappa shape index (κ1) is 12.7. The van der Waals surface area contributed by atoms with Gasteiger partial charge in [0.25, 0.3) is 0 Å². The molecule has 5 heteroatoms. The first-order chi connectivity index (χ1) is 7.77. The van der Waals surface area contributed by atoms with Crippen molar-refractivity contribution < 1.29 is 9.47 Å². The summed E-state index contributed by atoms with van der Waals surface area (Å²) in [5, 5.41) is 3.05. The predicted octanol–water partition coefficient (Wildman–Crippen LogP) is 1.63. The number of hydrogen-bond donors (Lipinski definition) is 1. The van der Waals surface area contributed by atoms with E-state index in [4.69, 9.17) is 9.47 Å². The fourth-order valence-corrected chi connectivity index (χ4v) is 1.19. The summed E-state index contributed by atoms with van der Waals surface area (Å²) < 4.78 is 10.5. The van der Waals surface area contributed by atoms with E-state index in [0.717, 1.165) is 18.5 Å². The van der Waals surface area contributed by atoms with Crippen molar-refractivity contribution in [2.24, 2.45) is 0 Å². The lowest BCUT2D eigenvalue weighted by atomic mass is 10.4. The molecule has 0 amide bonds. The maximum atomic E-state index is 5.55. The molecule has 0 fully saturated rings. The largest absolute Gasteiger partial charge is 0.477 e. The third-order valence-electron chi connectivity index (χ3n) is 1.99. The van der Waals surface area contributed by atoms with Gasteiger partial charge >= 0.3 is 0 Å². The number of nitrogens with zero attached hydrogens (tertiary/aromatic N) is 2.